The average Bonchev–Trinajstić information content (AvgIpc) is 2.65. The van der Waals surface area contributed by atoms with Crippen molar-refractivity contribution in [1.29, 1.82) is 0 Å². The number of carbonyl (C=O) groups excluding carboxylic acids is 1. The molecule has 0 N–H and O–H groups in total. The van der Waals surface area contributed by atoms with Gasteiger partial charge in [0.05, 0.1) is 8.95 Å². The highest BCUT2D eigenvalue weighted by Gasteiger charge is 2.32. The molecule has 1 fully saturated rings. The highest BCUT2D eigenvalue weighted by atomic mass is 79.9. The molecule has 2 aromatic rings. The van der Waals surface area contributed by atoms with Crippen LogP contribution in [0.15, 0.2) is 49.8 Å². The monoisotopic (exact) mass is 590 g/mol. The van der Waals surface area contributed by atoms with E-state index in [4.69, 9.17) is 4.74 Å². The van der Waals surface area contributed by atoms with E-state index >= 15 is 0 Å². The summed E-state index contributed by atoms with van der Waals surface area (Å²) in [5.74, 6) is 0.347. The van der Waals surface area contributed by atoms with Crippen LogP contribution in [0, 0.1) is 5.82 Å². The van der Waals surface area contributed by atoms with Crippen LogP contribution >= 0.6 is 47.8 Å². The Balaban J connectivity index is 1.59. The lowest BCUT2D eigenvalue weighted by Gasteiger charge is -2.44. The van der Waals surface area contributed by atoms with Crippen molar-refractivity contribution in [3.05, 3.63) is 61.2 Å². The van der Waals surface area contributed by atoms with Gasteiger partial charge in [-0.05, 0) is 75.5 Å². The third-order valence-corrected chi connectivity index (χ3v) is 6.67. The molecule has 0 aromatic heterocycles. The molecule has 1 aliphatic rings. The molecule has 2 aromatic carbocycles. The Kier molecular flexibility index (Phi) is 7.75. The number of ether oxygens (including phenoxy) is 1. The Bertz CT molecular complexity index is 856. The predicted molar refractivity (Wildman–Crippen MR) is 122 cm³/mol. The molecule has 0 saturated carbocycles. The van der Waals surface area contributed by atoms with Crippen LogP contribution < -0.4 is 4.74 Å². The van der Waals surface area contributed by atoms with Gasteiger partial charge in [-0.15, -0.1) is 0 Å². The molecular weight excluding hydrogens is 571 g/mol. The molecule has 29 heavy (non-hydrogen) atoms. The number of nitrogens with zero attached hydrogens (tertiary/aromatic N) is 2. The van der Waals surface area contributed by atoms with E-state index in [1.54, 1.807) is 0 Å². The number of halogens is 4. The molecule has 0 unspecified atom stereocenters. The standard InChI is InChI=1S/C21H22Br3FN2O2/c1-13-10-27(14(2)9-26(13)11-15-3-5-17(25)6-4-15)20(28)12-29-21-18(23)7-16(22)8-19(21)24/h3-8,13-14H,9-12H2,1-2H3/t13-,14+/m0/s1. The van der Waals surface area contributed by atoms with Crippen LogP contribution in [0.3, 0.4) is 0 Å². The van der Waals surface area contributed by atoms with Crippen LogP contribution in [0.4, 0.5) is 4.39 Å². The van der Waals surface area contributed by atoms with Crippen molar-refractivity contribution in [2.75, 3.05) is 19.7 Å². The topological polar surface area (TPSA) is 32.8 Å². The Labute approximate surface area is 195 Å². The second-order valence-corrected chi connectivity index (χ2v) is 9.91. The molecule has 8 heteroatoms. The van der Waals surface area contributed by atoms with Crippen molar-refractivity contribution in [2.24, 2.45) is 0 Å². The van der Waals surface area contributed by atoms with Gasteiger partial charge in [-0.3, -0.25) is 9.69 Å². The number of amides is 1. The van der Waals surface area contributed by atoms with E-state index in [0.717, 1.165) is 32.1 Å². The van der Waals surface area contributed by atoms with Crippen molar-refractivity contribution in [1.82, 2.24) is 9.80 Å². The number of benzene rings is 2. The fourth-order valence-corrected chi connectivity index (χ4v) is 5.96. The zero-order valence-electron chi connectivity index (χ0n) is 16.2. The molecule has 0 spiro atoms. The van der Waals surface area contributed by atoms with E-state index in [0.29, 0.717) is 12.3 Å². The van der Waals surface area contributed by atoms with Gasteiger partial charge in [-0.1, -0.05) is 28.1 Å². The summed E-state index contributed by atoms with van der Waals surface area (Å²) in [4.78, 5) is 17.0. The second-order valence-electron chi connectivity index (χ2n) is 7.29. The molecule has 0 bridgehead atoms. The molecule has 1 heterocycles. The first-order chi connectivity index (χ1) is 13.7. The first kappa shape index (κ1) is 22.7. The minimum atomic E-state index is -0.227. The van der Waals surface area contributed by atoms with E-state index < -0.39 is 0 Å². The Hall–Kier alpha value is -0.960. The van der Waals surface area contributed by atoms with Crippen LogP contribution in [-0.2, 0) is 11.3 Å². The fourth-order valence-electron chi connectivity index (χ4n) is 3.47. The van der Waals surface area contributed by atoms with Gasteiger partial charge in [0.25, 0.3) is 5.91 Å². The third-order valence-electron chi connectivity index (χ3n) is 5.04. The van der Waals surface area contributed by atoms with Crippen LogP contribution in [0.2, 0.25) is 0 Å². The van der Waals surface area contributed by atoms with Crippen LogP contribution in [-0.4, -0.2) is 47.5 Å². The first-order valence-electron chi connectivity index (χ1n) is 9.30. The number of hydrogen-bond acceptors (Lipinski definition) is 3. The molecular formula is C21H22Br3FN2O2. The normalized spacial score (nSPS) is 20.0. The number of hydrogen-bond donors (Lipinski definition) is 0. The summed E-state index contributed by atoms with van der Waals surface area (Å²) >= 11 is 10.4. The molecule has 1 saturated heterocycles. The van der Waals surface area contributed by atoms with Gasteiger partial charge in [0.2, 0.25) is 0 Å². The maximum Gasteiger partial charge on any atom is 0.260 e. The quantitative estimate of drug-likeness (QED) is 0.452. The Morgan fingerprint density at radius 3 is 2.31 bits per heavy atom. The third kappa shape index (κ3) is 5.81. The van der Waals surface area contributed by atoms with Crippen LogP contribution in [0.25, 0.3) is 0 Å². The first-order valence-corrected chi connectivity index (χ1v) is 11.7. The molecule has 2 atom stereocenters. The molecule has 156 valence electrons. The molecule has 1 amide bonds. The highest BCUT2D eigenvalue weighted by Crippen LogP contribution is 2.36. The summed E-state index contributed by atoms with van der Waals surface area (Å²) in [7, 11) is 0. The van der Waals surface area contributed by atoms with Gasteiger partial charge in [-0.2, -0.15) is 0 Å². The van der Waals surface area contributed by atoms with Gasteiger partial charge in [0.15, 0.2) is 6.61 Å². The molecule has 1 aliphatic heterocycles. The second kappa shape index (κ2) is 9.90. The summed E-state index contributed by atoms with van der Waals surface area (Å²) in [6.07, 6.45) is 0. The fraction of sp³-hybridized carbons (Fsp3) is 0.381. The number of piperazine rings is 1. The summed E-state index contributed by atoms with van der Waals surface area (Å²) in [5, 5.41) is 0. The maximum absolute atomic E-state index is 13.1. The van der Waals surface area contributed by atoms with Gasteiger partial charge < -0.3 is 9.64 Å². The molecule has 3 rings (SSSR count). The van der Waals surface area contributed by atoms with E-state index in [-0.39, 0.29) is 30.4 Å². The highest BCUT2D eigenvalue weighted by molar-refractivity contribution is 9.11. The summed E-state index contributed by atoms with van der Waals surface area (Å²) in [6.45, 7) is 6.27. The molecule has 4 nitrogen and oxygen atoms in total. The smallest absolute Gasteiger partial charge is 0.260 e. The zero-order valence-corrected chi connectivity index (χ0v) is 20.9. The van der Waals surface area contributed by atoms with E-state index in [1.807, 2.05) is 36.1 Å². The summed E-state index contributed by atoms with van der Waals surface area (Å²) in [6, 6.07) is 10.6. The van der Waals surface area contributed by atoms with E-state index in [9.17, 15) is 9.18 Å². The van der Waals surface area contributed by atoms with Crippen molar-refractivity contribution < 1.29 is 13.9 Å². The van der Waals surface area contributed by atoms with Gasteiger partial charge in [0.1, 0.15) is 11.6 Å². The van der Waals surface area contributed by atoms with Crippen molar-refractivity contribution in [2.45, 2.75) is 32.5 Å². The number of rotatable bonds is 5. The SMILES string of the molecule is C[C@@H]1CN(Cc2ccc(F)cc2)[C@@H](C)CN1C(=O)COc1c(Br)cc(Br)cc1Br. The van der Waals surface area contributed by atoms with Crippen molar-refractivity contribution >= 4 is 53.7 Å². The minimum absolute atomic E-state index is 0.0200. The summed E-state index contributed by atoms with van der Waals surface area (Å²) in [5.41, 5.74) is 1.07. The van der Waals surface area contributed by atoms with Crippen LogP contribution in [0.5, 0.6) is 5.75 Å². The lowest BCUT2D eigenvalue weighted by Crippen LogP contribution is -2.58. The largest absolute Gasteiger partial charge is 0.481 e. The van der Waals surface area contributed by atoms with Gasteiger partial charge >= 0.3 is 0 Å². The zero-order chi connectivity index (χ0) is 21.1. The van der Waals surface area contributed by atoms with Crippen molar-refractivity contribution in [3.8, 4) is 5.75 Å². The number of carbonyl (C=O) groups is 1. The predicted octanol–water partition coefficient (Wildman–Crippen LogP) is 5.61. The lowest BCUT2D eigenvalue weighted by molar-refractivity contribution is -0.139. The molecule has 0 radical (unpaired) electrons. The molecule has 0 aliphatic carbocycles. The maximum atomic E-state index is 13.1. The van der Waals surface area contributed by atoms with E-state index in [2.05, 4.69) is 59.6 Å². The average molecular weight is 593 g/mol. The van der Waals surface area contributed by atoms with Gasteiger partial charge in [0, 0.05) is 36.2 Å². The van der Waals surface area contributed by atoms with Gasteiger partial charge in [-0.25, -0.2) is 4.39 Å². The Morgan fingerprint density at radius 1 is 1.07 bits per heavy atom. The van der Waals surface area contributed by atoms with E-state index in [1.165, 1.54) is 12.1 Å². The Morgan fingerprint density at radius 2 is 1.69 bits per heavy atom. The summed E-state index contributed by atoms with van der Waals surface area (Å²) < 4.78 is 21.4. The lowest BCUT2D eigenvalue weighted by atomic mass is 10.1. The minimum Gasteiger partial charge on any atom is -0.481 e. The van der Waals surface area contributed by atoms with Crippen LogP contribution in [0.1, 0.15) is 19.4 Å². The van der Waals surface area contributed by atoms with Crippen molar-refractivity contribution in [3.63, 3.8) is 0 Å².